The minimum atomic E-state index is -0.00366. The third-order valence-corrected chi connectivity index (χ3v) is 2.53. The molecule has 0 bridgehead atoms. The largest absolute Gasteiger partial charge is 0.407 e. The highest BCUT2D eigenvalue weighted by atomic mass is 79.9. The van der Waals surface area contributed by atoms with Gasteiger partial charge < -0.3 is 4.42 Å². The van der Waals surface area contributed by atoms with Crippen molar-refractivity contribution in [1.29, 1.82) is 0 Å². The van der Waals surface area contributed by atoms with Crippen LogP contribution in [0.15, 0.2) is 27.1 Å². The van der Waals surface area contributed by atoms with Gasteiger partial charge in [0.25, 0.3) is 5.89 Å². The second kappa shape index (κ2) is 3.88. The van der Waals surface area contributed by atoms with E-state index in [2.05, 4.69) is 26.1 Å². The number of nitrogens with zero attached hydrogens (tertiary/aromatic N) is 2. The highest BCUT2D eigenvalue weighted by molar-refractivity contribution is 9.10. The van der Waals surface area contributed by atoms with Gasteiger partial charge in [0.05, 0.1) is 10.6 Å². The fourth-order valence-electron chi connectivity index (χ4n) is 0.976. The number of aromatic nitrogens is 2. The van der Waals surface area contributed by atoms with Gasteiger partial charge >= 0.3 is 5.35 Å². The van der Waals surface area contributed by atoms with Gasteiger partial charge in [-0.2, -0.15) is 0 Å². The first-order valence-electron chi connectivity index (χ1n) is 3.61. The van der Waals surface area contributed by atoms with Gasteiger partial charge in [-0.25, -0.2) is 0 Å². The van der Waals surface area contributed by atoms with Gasteiger partial charge in [-0.15, -0.1) is 5.10 Å². The van der Waals surface area contributed by atoms with Crippen LogP contribution in [-0.2, 0) is 0 Å². The highest BCUT2D eigenvalue weighted by Crippen LogP contribution is 2.30. The lowest BCUT2D eigenvalue weighted by Crippen LogP contribution is -1.79. The molecule has 0 aliphatic heterocycles. The van der Waals surface area contributed by atoms with Gasteiger partial charge in [0.2, 0.25) is 0 Å². The molecule has 0 spiro atoms. The lowest BCUT2D eigenvalue weighted by Gasteiger charge is -1.98. The zero-order valence-electron chi connectivity index (χ0n) is 6.67. The quantitative estimate of drug-likeness (QED) is 0.802. The van der Waals surface area contributed by atoms with Crippen LogP contribution in [0.3, 0.4) is 0 Å². The lowest BCUT2D eigenvalue weighted by molar-refractivity contribution is 0.571. The topological polar surface area (TPSA) is 38.9 Å². The van der Waals surface area contributed by atoms with Crippen molar-refractivity contribution in [3.63, 3.8) is 0 Å². The first-order chi connectivity index (χ1) is 6.66. The molecule has 1 heterocycles. The van der Waals surface area contributed by atoms with E-state index in [9.17, 15) is 0 Å². The minimum Gasteiger partial charge on any atom is -0.407 e. The highest BCUT2D eigenvalue weighted by Gasteiger charge is 2.10. The summed E-state index contributed by atoms with van der Waals surface area (Å²) < 4.78 is 5.92. The Hall–Kier alpha value is -0.580. The average molecular weight is 294 g/mol. The molecule has 0 unspecified atom stereocenters. The zero-order chi connectivity index (χ0) is 10.1. The standard InChI is InChI=1S/C8H3BrCl2N2O/c9-4-1-2-6(10)5(3-4)7-12-13-8(11)14-7/h1-3H. The van der Waals surface area contributed by atoms with Crippen molar-refractivity contribution in [2.75, 3.05) is 0 Å². The first-order valence-corrected chi connectivity index (χ1v) is 5.16. The van der Waals surface area contributed by atoms with Crippen molar-refractivity contribution in [1.82, 2.24) is 10.2 Å². The molecular formula is C8H3BrCl2N2O. The van der Waals surface area contributed by atoms with Crippen molar-refractivity contribution >= 4 is 39.1 Å². The second-order valence-corrected chi connectivity index (χ2v) is 4.13. The Kier molecular flexibility index (Phi) is 2.76. The molecule has 0 saturated heterocycles. The van der Waals surface area contributed by atoms with Crippen LogP contribution in [0.1, 0.15) is 0 Å². The zero-order valence-corrected chi connectivity index (χ0v) is 9.77. The molecule has 0 N–H and O–H groups in total. The Morgan fingerprint density at radius 3 is 2.64 bits per heavy atom. The predicted molar refractivity (Wildman–Crippen MR) is 57.5 cm³/mol. The number of rotatable bonds is 1. The van der Waals surface area contributed by atoms with Crippen LogP contribution in [0.2, 0.25) is 10.4 Å². The summed E-state index contributed by atoms with van der Waals surface area (Å²) in [5, 5.41) is 7.80. The average Bonchev–Trinajstić information content (AvgIpc) is 2.56. The minimum absolute atomic E-state index is 0.00366. The van der Waals surface area contributed by atoms with E-state index in [1.165, 1.54) is 0 Å². The van der Waals surface area contributed by atoms with E-state index >= 15 is 0 Å². The number of benzene rings is 1. The van der Waals surface area contributed by atoms with Crippen LogP contribution in [0.5, 0.6) is 0 Å². The monoisotopic (exact) mass is 292 g/mol. The number of hydrogen-bond acceptors (Lipinski definition) is 3. The van der Waals surface area contributed by atoms with Gasteiger partial charge in [0, 0.05) is 4.47 Å². The Balaban J connectivity index is 2.55. The molecule has 3 nitrogen and oxygen atoms in total. The summed E-state index contributed by atoms with van der Waals surface area (Å²) in [5.74, 6) is 0.307. The molecular weight excluding hydrogens is 291 g/mol. The van der Waals surface area contributed by atoms with Gasteiger partial charge in [0.1, 0.15) is 0 Å². The Morgan fingerprint density at radius 1 is 1.21 bits per heavy atom. The van der Waals surface area contributed by atoms with E-state index in [1.54, 1.807) is 12.1 Å². The van der Waals surface area contributed by atoms with E-state index in [0.29, 0.717) is 16.5 Å². The summed E-state index contributed by atoms with van der Waals surface area (Å²) in [6, 6.07) is 5.34. The second-order valence-electron chi connectivity index (χ2n) is 2.48. The maximum absolute atomic E-state index is 5.95. The van der Waals surface area contributed by atoms with E-state index in [-0.39, 0.29) is 5.35 Å². The SMILES string of the molecule is Clc1nnc(-c2cc(Br)ccc2Cl)o1. The summed E-state index contributed by atoms with van der Waals surface area (Å²) in [7, 11) is 0. The van der Waals surface area contributed by atoms with E-state index in [1.807, 2.05) is 6.07 Å². The summed E-state index contributed by atoms with van der Waals surface area (Å²) in [5.41, 5.74) is 0.653. The van der Waals surface area contributed by atoms with Crippen molar-refractivity contribution in [2.24, 2.45) is 0 Å². The molecule has 0 atom stereocenters. The van der Waals surface area contributed by atoms with Crippen molar-refractivity contribution in [2.45, 2.75) is 0 Å². The molecule has 0 fully saturated rings. The maximum Gasteiger partial charge on any atom is 0.313 e. The van der Waals surface area contributed by atoms with Crippen LogP contribution in [0.25, 0.3) is 11.5 Å². The van der Waals surface area contributed by atoms with E-state index in [4.69, 9.17) is 27.6 Å². The summed E-state index contributed by atoms with van der Waals surface area (Å²) in [4.78, 5) is 0. The molecule has 2 aromatic rings. The van der Waals surface area contributed by atoms with Crippen LogP contribution < -0.4 is 0 Å². The van der Waals surface area contributed by atoms with Crippen LogP contribution in [-0.4, -0.2) is 10.2 Å². The summed E-state index contributed by atoms with van der Waals surface area (Å²) >= 11 is 14.8. The third kappa shape index (κ3) is 1.92. The molecule has 1 aromatic carbocycles. The Bertz CT molecular complexity index is 472. The third-order valence-electron chi connectivity index (χ3n) is 1.56. The molecule has 0 aliphatic rings. The number of hydrogen-bond donors (Lipinski definition) is 0. The fraction of sp³-hybridized carbons (Fsp3) is 0. The Labute approximate surface area is 98.2 Å². The van der Waals surface area contributed by atoms with Gasteiger partial charge in [-0.3, -0.25) is 0 Å². The fourth-order valence-corrected chi connectivity index (χ4v) is 1.65. The summed E-state index contributed by atoms with van der Waals surface area (Å²) in [6.07, 6.45) is 0. The van der Waals surface area contributed by atoms with Crippen molar-refractivity contribution in [3.8, 4) is 11.5 Å². The van der Waals surface area contributed by atoms with Crippen molar-refractivity contribution < 1.29 is 4.42 Å². The van der Waals surface area contributed by atoms with Gasteiger partial charge in [-0.05, 0) is 29.8 Å². The molecule has 0 radical (unpaired) electrons. The van der Waals surface area contributed by atoms with Crippen LogP contribution in [0.4, 0.5) is 0 Å². The first kappa shape index (κ1) is 9.96. The van der Waals surface area contributed by atoms with Crippen molar-refractivity contribution in [3.05, 3.63) is 33.0 Å². The molecule has 0 saturated carbocycles. The molecule has 72 valence electrons. The molecule has 0 amide bonds. The van der Waals surface area contributed by atoms with Crippen LogP contribution in [0, 0.1) is 0 Å². The predicted octanol–water partition coefficient (Wildman–Crippen LogP) is 3.81. The molecule has 1 aromatic heterocycles. The maximum atomic E-state index is 5.95. The number of halogens is 3. The van der Waals surface area contributed by atoms with E-state index in [0.717, 1.165) is 4.47 Å². The van der Waals surface area contributed by atoms with Gasteiger partial charge in [0.15, 0.2) is 0 Å². The summed E-state index contributed by atoms with van der Waals surface area (Å²) in [6.45, 7) is 0. The Morgan fingerprint density at radius 2 is 2.00 bits per heavy atom. The molecule has 0 aliphatic carbocycles. The van der Waals surface area contributed by atoms with E-state index < -0.39 is 0 Å². The molecule has 14 heavy (non-hydrogen) atoms. The molecule has 6 heteroatoms. The lowest BCUT2D eigenvalue weighted by atomic mass is 10.2. The smallest absolute Gasteiger partial charge is 0.313 e. The normalized spacial score (nSPS) is 10.5. The van der Waals surface area contributed by atoms with Crippen LogP contribution >= 0.6 is 39.1 Å². The van der Waals surface area contributed by atoms with Gasteiger partial charge in [-0.1, -0.05) is 32.6 Å². The molecule has 2 rings (SSSR count).